The van der Waals surface area contributed by atoms with Gasteiger partial charge in [0.25, 0.3) is 5.56 Å². The molecule has 27 heteroatoms. The number of fused-ring (bicyclic) bond motifs is 3. The molecule has 1 fully saturated rings. The minimum atomic E-state index is -5.55. The number of thiol groups is 1. The van der Waals surface area contributed by atoms with Crippen molar-refractivity contribution in [1.82, 2.24) is 15.0 Å². The zero-order chi connectivity index (χ0) is 39.4. The van der Waals surface area contributed by atoms with Crippen LogP contribution in [-0.2, 0) is 33.8 Å². The van der Waals surface area contributed by atoms with Gasteiger partial charge in [0.1, 0.15) is 48.7 Å². The number of H-pyrrole nitrogens is 2. The Bertz CT molecular complexity index is 2350. The Balaban J connectivity index is 1.07. The van der Waals surface area contributed by atoms with Crippen molar-refractivity contribution in [3.8, 4) is 0 Å². The Hall–Kier alpha value is -3.49. The van der Waals surface area contributed by atoms with Crippen LogP contribution in [0.1, 0.15) is 11.1 Å². The van der Waals surface area contributed by atoms with Crippen LogP contribution in [0, 0.1) is 13.8 Å². The van der Waals surface area contributed by atoms with E-state index in [0.717, 1.165) is 11.1 Å². The fraction of sp³-hybridized carbons (Fsp3) is 0.481. The minimum absolute atomic E-state index is 0.146. The first-order valence-electron chi connectivity index (χ1n) is 15.7. The van der Waals surface area contributed by atoms with Gasteiger partial charge in [0.05, 0.1) is 13.2 Å². The molecule has 3 aromatic rings. The predicted octanol–water partition coefficient (Wildman–Crippen LogP) is -4.04. The third-order valence-electron chi connectivity index (χ3n) is 8.72. The van der Waals surface area contributed by atoms with Crippen LogP contribution in [0.25, 0.3) is 22.2 Å². The van der Waals surface area contributed by atoms with Gasteiger partial charge in [-0.3, -0.25) is 18.8 Å². The second kappa shape index (κ2) is 15.2. The highest BCUT2D eigenvalue weighted by atomic mass is 32.1. The van der Waals surface area contributed by atoms with Crippen LogP contribution in [0.2, 0.25) is 0 Å². The summed E-state index contributed by atoms with van der Waals surface area (Å²) in [6.45, 7) is 0.744. The number of nitrogens with one attached hydrogen (secondary N) is 2. The van der Waals surface area contributed by atoms with Gasteiger partial charge >= 0.3 is 32.8 Å². The molecule has 24 nitrogen and oxygen atoms in total. The molecule has 292 valence electrons. The van der Waals surface area contributed by atoms with E-state index < -0.39 is 95.7 Å². The molecular weight excluding hydrogens is 784 g/mol. The largest absolute Gasteiger partial charge is 0.481 e. The quantitative estimate of drug-likeness (QED) is 0.0338. The molecule has 11 N–H and O–H groups in total. The third-order valence-corrected chi connectivity index (χ3v) is 11.9. The summed E-state index contributed by atoms with van der Waals surface area (Å²) < 4.78 is 46.7. The average Bonchev–Trinajstić information content (AvgIpc) is 3.65. The van der Waals surface area contributed by atoms with Gasteiger partial charge in [-0.15, -0.1) is 17.6 Å². The molecule has 3 aliphatic rings. The molecule has 1 aromatic carbocycles. The second-order valence-corrected chi connectivity index (χ2v) is 15.8. The summed E-state index contributed by atoms with van der Waals surface area (Å²) in [5.41, 5.74) is 5.90. The van der Waals surface area contributed by atoms with E-state index in [9.17, 15) is 54.0 Å². The molecule has 0 bridgehead atoms. The number of hydrogen-bond acceptors (Lipinski definition) is 19. The number of rotatable bonds is 13. The van der Waals surface area contributed by atoms with Gasteiger partial charge in [-0.05, 0) is 31.0 Å². The van der Waals surface area contributed by atoms with Crippen LogP contribution in [-0.4, -0.2) is 141 Å². The number of benzene rings is 1. The summed E-state index contributed by atoms with van der Waals surface area (Å²) in [6, 6.07) is 1.64. The van der Waals surface area contributed by atoms with Crippen molar-refractivity contribution in [2.45, 2.75) is 74.3 Å². The van der Waals surface area contributed by atoms with Crippen molar-refractivity contribution in [2.24, 2.45) is 20.7 Å². The number of aliphatic hydroxyl groups excluding tert-OH is 5. The highest BCUT2D eigenvalue weighted by Gasteiger charge is 2.51. The van der Waals surface area contributed by atoms with E-state index in [1.54, 1.807) is 19.9 Å². The van der Waals surface area contributed by atoms with E-state index in [-0.39, 0.29) is 33.7 Å². The van der Waals surface area contributed by atoms with Crippen LogP contribution in [0.3, 0.4) is 0 Å². The number of nitrogens with two attached hydrogens (primary N) is 1. The molecule has 6 rings (SSSR count). The summed E-state index contributed by atoms with van der Waals surface area (Å²) in [6.07, 6.45) is -10.7. The van der Waals surface area contributed by atoms with Gasteiger partial charge in [0, 0.05) is 4.90 Å². The average molecular weight is 820 g/mol. The highest BCUT2D eigenvalue weighted by molar-refractivity contribution is 7.80. The van der Waals surface area contributed by atoms with Gasteiger partial charge in [0.15, 0.2) is 18.0 Å². The molecule has 1 saturated heterocycles. The molecule has 0 spiro atoms. The maximum Gasteiger partial charge on any atom is 0.481 e. The summed E-state index contributed by atoms with van der Waals surface area (Å²) in [5.74, 6) is 0.174. The maximum atomic E-state index is 12.6. The lowest BCUT2D eigenvalue weighted by Gasteiger charge is -2.24. The number of aryl methyl sites for hydroxylation is 1. The lowest BCUT2D eigenvalue weighted by atomic mass is 10.1. The Labute approximate surface area is 307 Å². The topological polar surface area (TPSA) is 361 Å². The first-order chi connectivity index (χ1) is 25.3. The summed E-state index contributed by atoms with van der Waals surface area (Å²) >= 11 is 4.51. The SMILES string of the molecule is Cc1cc2c(nc3c(=O)[nH]c(=O)[nH]c3[n+]2C[C@H](O)[C@H](O)[C@H](O)COP(=O)(O)OP(=O)(O)OC[C@H]2O[C@@H]([N+]3=CN=C4C3=NC=NC4N)[C@H](O)[C@@H]2O)c(S)c1C. The number of aliphatic hydroxyl groups is 5. The molecule has 5 heterocycles. The standard InChI is InChI=1S/C27H33N9O15P2S/c1-9-3-11-15(21(54)10(9)2)32-17-24(33-27(43)34-25(17)42)35(11)4-12(37)18(39)13(38)5-48-52(44,45)51-53(46,47)49-6-14-19(40)20(41)26(50-14)36-8-31-16-22(28)29-7-30-23(16)36/h3,7-8,12-14,18-20,22,26,37-41H,4-6,28H2,1-2H3,(H3-,33,34,42,43,44,45,46,47,54)/p+2/t12-,13+,14+,18-,19+,20+,22?,26+/m0/s1. The number of hydrogen-bond donors (Lipinski definition) is 11. The maximum absolute atomic E-state index is 12.6. The van der Waals surface area contributed by atoms with Crippen molar-refractivity contribution < 1.29 is 71.7 Å². The van der Waals surface area contributed by atoms with Crippen molar-refractivity contribution in [2.75, 3.05) is 13.2 Å². The van der Waals surface area contributed by atoms with Gasteiger partial charge in [0.2, 0.25) is 23.8 Å². The summed E-state index contributed by atoms with van der Waals surface area (Å²) in [5, 5.41) is 53.2. The number of phosphoric ester groups is 2. The predicted molar refractivity (Wildman–Crippen MR) is 186 cm³/mol. The fourth-order valence-electron chi connectivity index (χ4n) is 5.76. The Morgan fingerprint density at radius 2 is 1.74 bits per heavy atom. The molecule has 10 atom stereocenters. The van der Waals surface area contributed by atoms with Crippen molar-refractivity contribution >= 4 is 74.7 Å². The molecule has 0 aliphatic carbocycles. The van der Waals surface area contributed by atoms with E-state index in [0.29, 0.717) is 4.90 Å². The lowest BCUT2D eigenvalue weighted by molar-refractivity contribution is -0.657. The molecule has 3 unspecified atom stereocenters. The van der Waals surface area contributed by atoms with Crippen molar-refractivity contribution in [3.63, 3.8) is 0 Å². The fourth-order valence-corrected chi connectivity index (χ4v) is 8.20. The van der Waals surface area contributed by atoms with E-state index in [1.165, 1.54) is 21.8 Å². The van der Waals surface area contributed by atoms with E-state index >= 15 is 0 Å². The van der Waals surface area contributed by atoms with E-state index in [2.05, 4.69) is 46.4 Å². The molecular formula is C27H35N9O15P2S+2. The third kappa shape index (κ3) is 7.93. The van der Waals surface area contributed by atoms with Crippen LogP contribution >= 0.6 is 28.3 Å². The van der Waals surface area contributed by atoms with Crippen molar-refractivity contribution in [1.29, 1.82) is 0 Å². The number of nitrogens with zero attached hydrogens (tertiary/aromatic N) is 6. The number of aliphatic imine (C=N–C) groups is 3. The number of ether oxygens (including phenoxy) is 1. The first-order valence-corrected chi connectivity index (χ1v) is 19.2. The second-order valence-electron chi connectivity index (χ2n) is 12.3. The van der Waals surface area contributed by atoms with E-state index in [4.69, 9.17) is 15.0 Å². The molecule has 54 heavy (non-hydrogen) atoms. The molecule has 2 aromatic heterocycles. The Kier molecular flexibility index (Phi) is 11.3. The normalized spacial score (nSPS) is 26.5. The van der Waals surface area contributed by atoms with Crippen LogP contribution in [0.4, 0.5) is 0 Å². The van der Waals surface area contributed by atoms with Gasteiger partial charge in [-0.2, -0.15) is 9.29 Å². The van der Waals surface area contributed by atoms with Gasteiger partial charge in [-0.1, -0.05) is 4.99 Å². The monoisotopic (exact) mass is 819 g/mol. The van der Waals surface area contributed by atoms with Gasteiger partial charge < -0.3 is 45.8 Å². The molecule has 0 saturated carbocycles. The lowest BCUT2D eigenvalue weighted by Crippen LogP contribution is -2.51. The van der Waals surface area contributed by atoms with Crippen molar-refractivity contribution in [3.05, 3.63) is 38.0 Å². The molecule has 0 amide bonds. The molecule has 3 aliphatic heterocycles. The van der Waals surface area contributed by atoms with Gasteiger partial charge in [-0.25, -0.2) is 33.0 Å². The minimum Gasteiger partial charge on any atom is -0.388 e. The van der Waals surface area contributed by atoms with Crippen LogP contribution < -0.4 is 21.5 Å². The summed E-state index contributed by atoms with van der Waals surface area (Å²) in [7, 11) is -11.0. The van der Waals surface area contributed by atoms with Crippen LogP contribution in [0.15, 0.2) is 35.5 Å². The molecule has 0 radical (unpaired) electrons. The van der Waals surface area contributed by atoms with E-state index in [1.807, 2.05) is 4.98 Å². The summed E-state index contributed by atoms with van der Waals surface area (Å²) in [4.78, 5) is 66.2. The first kappa shape index (κ1) is 40.2. The zero-order valence-electron chi connectivity index (χ0n) is 28.0. The smallest absolute Gasteiger partial charge is 0.388 e. The van der Waals surface area contributed by atoms with Crippen LogP contribution in [0.5, 0.6) is 0 Å². The number of aromatic amines is 2. The number of amidine groups is 1. The zero-order valence-corrected chi connectivity index (χ0v) is 30.7. The Morgan fingerprint density at radius 3 is 2.46 bits per heavy atom. The highest BCUT2D eigenvalue weighted by Crippen LogP contribution is 2.60. The number of phosphoric acid groups is 2. The Morgan fingerprint density at radius 1 is 1.04 bits per heavy atom. The number of aromatic nitrogens is 4.